The number of ether oxygens (including phenoxy) is 2. The summed E-state index contributed by atoms with van der Waals surface area (Å²) in [5, 5.41) is -0.0653. The molecule has 3 heterocycles. The number of nitrogens with zero attached hydrogens (tertiary/aromatic N) is 3. The van der Waals surface area contributed by atoms with Crippen molar-refractivity contribution in [1.82, 2.24) is 14.9 Å². The van der Waals surface area contributed by atoms with Gasteiger partial charge in [-0.1, -0.05) is 17.8 Å². The van der Waals surface area contributed by atoms with Crippen molar-refractivity contribution in [3.8, 4) is 11.5 Å². The number of likely N-dealkylation sites (tertiary alicyclic amines) is 1. The van der Waals surface area contributed by atoms with Crippen molar-refractivity contribution in [1.29, 1.82) is 0 Å². The smallest absolute Gasteiger partial charge is 0.433 e. The Balaban J connectivity index is 1.44. The van der Waals surface area contributed by atoms with E-state index in [9.17, 15) is 18.0 Å². The first kappa shape index (κ1) is 20.8. The van der Waals surface area contributed by atoms with Gasteiger partial charge in [0, 0.05) is 19.2 Å². The van der Waals surface area contributed by atoms with Gasteiger partial charge in [-0.3, -0.25) is 4.79 Å². The number of fused-ring (bicyclic) bond motifs is 1. The Kier molecular flexibility index (Phi) is 6.03. The molecule has 2 aromatic rings. The number of halogens is 3. The normalized spacial score (nSPS) is 18.9. The molecule has 6 nitrogen and oxygen atoms in total. The van der Waals surface area contributed by atoms with Crippen LogP contribution in [0.25, 0.3) is 0 Å². The molecule has 0 saturated carbocycles. The second-order valence-electron chi connectivity index (χ2n) is 7.01. The fraction of sp³-hybridized carbons (Fsp3) is 0.450. The van der Waals surface area contributed by atoms with E-state index in [1.807, 2.05) is 18.2 Å². The van der Waals surface area contributed by atoms with Gasteiger partial charge in [-0.05, 0) is 36.6 Å². The van der Waals surface area contributed by atoms with E-state index in [0.29, 0.717) is 31.3 Å². The minimum atomic E-state index is -4.54. The van der Waals surface area contributed by atoms with Crippen LogP contribution in [0.4, 0.5) is 13.2 Å². The van der Waals surface area contributed by atoms with Crippen molar-refractivity contribution in [2.45, 2.75) is 36.6 Å². The first-order chi connectivity index (χ1) is 14.4. The zero-order valence-electron chi connectivity index (χ0n) is 16.0. The molecule has 0 N–H and O–H groups in total. The van der Waals surface area contributed by atoms with Gasteiger partial charge >= 0.3 is 6.18 Å². The number of amides is 1. The highest BCUT2D eigenvalue weighted by atomic mass is 32.2. The number of aromatic nitrogens is 2. The number of thioether (sulfide) groups is 1. The van der Waals surface area contributed by atoms with Gasteiger partial charge in [-0.25, -0.2) is 9.97 Å². The van der Waals surface area contributed by atoms with Gasteiger partial charge in [0.1, 0.15) is 5.69 Å². The maximum Gasteiger partial charge on any atom is 0.433 e. The molecule has 1 aromatic heterocycles. The van der Waals surface area contributed by atoms with Crippen molar-refractivity contribution in [2.75, 3.05) is 25.5 Å². The van der Waals surface area contributed by atoms with E-state index >= 15 is 0 Å². The van der Waals surface area contributed by atoms with Crippen LogP contribution in [0.5, 0.6) is 11.5 Å². The number of carbonyl (C=O) groups is 1. The van der Waals surface area contributed by atoms with Gasteiger partial charge < -0.3 is 14.4 Å². The molecule has 30 heavy (non-hydrogen) atoms. The second-order valence-corrected chi connectivity index (χ2v) is 7.96. The molecule has 1 unspecified atom stereocenters. The van der Waals surface area contributed by atoms with Crippen LogP contribution in [0, 0.1) is 0 Å². The Labute approximate surface area is 175 Å². The highest BCUT2D eigenvalue weighted by Gasteiger charge is 2.33. The summed E-state index contributed by atoms with van der Waals surface area (Å²) in [6.07, 6.45) is -1.00. The van der Waals surface area contributed by atoms with E-state index in [1.165, 1.54) is 0 Å². The molecular weight excluding hydrogens is 419 g/mol. The molecule has 160 valence electrons. The molecule has 1 fully saturated rings. The molecule has 2 aliphatic heterocycles. The van der Waals surface area contributed by atoms with Crippen molar-refractivity contribution >= 4 is 17.7 Å². The molecule has 1 aromatic carbocycles. The molecule has 2 aliphatic rings. The first-order valence-corrected chi connectivity index (χ1v) is 10.6. The third-order valence-corrected chi connectivity index (χ3v) is 5.82. The van der Waals surface area contributed by atoms with Gasteiger partial charge in [0.15, 0.2) is 16.7 Å². The van der Waals surface area contributed by atoms with E-state index in [0.717, 1.165) is 48.9 Å². The molecule has 10 heteroatoms. The third kappa shape index (κ3) is 4.63. The van der Waals surface area contributed by atoms with Gasteiger partial charge in [0.05, 0.1) is 25.0 Å². The van der Waals surface area contributed by atoms with Crippen LogP contribution in [0.3, 0.4) is 0 Å². The van der Waals surface area contributed by atoms with Crippen molar-refractivity contribution in [2.24, 2.45) is 0 Å². The van der Waals surface area contributed by atoms with E-state index < -0.39 is 11.9 Å². The summed E-state index contributed by atoms with van der Waals surface area (Å²) in [5.41, 5.74) is -0.0517. The van der Waals surface area contributed by atoms with Crippen LogP contribution in [0.1, 0.15) is 36.6 Å². The molecule has 0 aliphatic carbocycles. The Hall–Kier alpha value is -2.49. The minimum Gasteiger partial charge on any atom is -0.490 e. The lowest BCUT2D eigenvalue weighted by Crippen LogP contribution is -2.32. The minimum absolute atomic E-state index is 0.0254. The number of benzene rings is 1. The van der Waals surface area contributed by atoms with Crippen molar-refractivity contribution in [3.05, 3.63) is 41.7 Å². The molecule has 4 rings (SSSR count). The largest absolute Gasteiger partial charge is 0.490 e. The number of hydrogen-bond acceptors (Lipinski definition) is 6. The fourth-order valence-electron chi connectivity index (χ4n) is 3.58. The lowest BCUT2D eigenvalue weighted by molar-refractivity contribution is -0.141. The summed E-state index contributed by atoms with van der Waals surface area (Å²) in [6, 6.07) is 6.43. The van der Waals surface area contributed by atoms with Crippen LogP contribution in [0.15, 0.2) is 35.6 Å². The predicted octanol–water partition coefficient (Wildman–Crippen LogP) is 4.11. The highest BCUT2D eigenvalue weighted by Crippen LogP contribution is 2.38. The SMILES string of the molecule is O=C(CSc1nccc(C(F)(F)F)n1)N1CCCC1c1ccc2c(c1)OCCCO2. The lowest BCUT2D eigenvalue weighted by atomic mass is 10.0. The number of hydrogen-bond donors (Lipinski definition) is 0. The van der Waals surface area contributed by atoms with Crippen LogP contribution in [-0.2, 0) is 11.0 Å². The summed E-state index contributed by atoms with van der Waals surface area (Å²) < 4.78 is 49.8. The summed E-state index contributed by atoms with van der Waals surface area (Å²) in [4.78, 5) is 21.9. The van der Waals surface area contributed by atoms with E-state index in [1.54, 1.807) is 4.90 Å². The standard InChI is InChI=1S/C20H20F3N3O3S/c21-20(22,23)17-6-7-24-19(25-17)30-12-18(27)26-8-1-3-14(26)13-4-5-15-16(11-13)29-10-2-9-28-15/h4-7,11,14H,1-3,8-10,12H2. The summed E-state index contributed by atoms with van der Waals surface area (Å²) in [6.45, 7) is 1.79. The molecule has 1 amide bonds. The Morgan fingerprint density at radius 1 is 1.17 bits per heavy atom. The third-order valence-electron chi connectivity index (χ3n) is 4.98. The Morgan fingerprint density at radius 2 is 1.97 bits per heavy atom. The first-order valence-electron chi connectivity index (χ1n) is 9.64. The summed E-state index contributed by atoms with van der Waals surface area (Å²) in [7, 11) is 0. The maximum absolute atomic E-state index is 12.8. The lowest BCUT2D eigenvalue weighted by Gasteiger charge is -2.25. The summed E-state index contributed by atoms with van der Waals surface area (Å²) in [5.74, 6) is 1.19. The predicted molar refractivity (Wildman–Crippen MR) is 103 cm³/mol. The molecule has 1 atom stereocenters. The van der Waals surface area contributed by atoms with E-state index in [2.05, 4.69) is 9.97 Å². The van der Waals surface area contributed by atoms with E-state index in [-0.39, 0.29) is 22.9 Å². The monoisotopic (exact) mass is 439 g/mol. The van der Waals surface area contributed by atoms with Crippen LogP contribution >= 0.6 is 11.8 Å². The van der Waals surface area contributed by atoms with Gasteiger partial charge in [0.25, 0.3) is 0 Å². The quantitative estimate of drug-likeness (QED) is 0.528. The summed E-state index contributed by atoms with van der Waals surface area (Å²) >= 11 is 0.910. The highest BCUT2D eigenvalue weighted by molar-refractivity contribution is 7.99. The van der Waals surface area contributed by atoms with E-state index in [4.69, 9.17) is 9.47 Å². The number of alkyl halides is 3. The Morgan fingerprint density at radius 3 is 2.77 bits per heavy atom. The van der Waals surface area contributed by atoms with Gasteiger partial charge in [-0.15, -0.1) is 0 Å². The molecule has 1 saturated heterocycles. The van der Waals surface area contributed by atoms with Crippen LogP contribution in [-0.4, -0.2) is 46.3 Å². The maximum atomic E-state index is 12.8. The van der Waals surface area contributed by atoms with Crippen LogP contribution < -0.4 is 9.47 Å². The zero-order chi connectivity index (χ0) is 21.1. The van der Waals surface area contributed by atoms with Crippen molar-refractivity contribution in [3.63, 3.8) is 0 Å². The second kappa shape index (κ2) is 8.71. The number of rotatable bonds is 4. The average Bonchev–Trinajstić information content (AvgIpc) is 3.10. The van der Waals surface area contributed by atoms with Gasteiger partial charge in [-0.2, -0.15) is 13.2 Å². The Bertz CT molecular complexity index is 926. The zero-order valence-corrected chi connectivity index (χ0v) is 16.8. The topological polar surface area (TPSA) is 64.6 Å². The molecule has 0 bridgehead atoms. The molecular formula is C20H20F3N3O3S. The average molecular weight is 439 g/mol. The number of carbonyl (C=O) groups excluding carboxylic acids is 1. The van der Waals surface area contributed by atoms with Crippen molar-refractivity contribution < 1.29 is 27.4 Å². The van der Waals surface area contributed by atoms with Gasteiger partial charge in [0.2, 0.25) is 5.91 Å². The van der Waals surface area contributed by atoms with Crippen LogP contribution in [0.2, 0.25) is 0 Å². The molecule has 0 spiro atoms. The molecule has 0 radical (unpaired) electrons. The fourth-order valence-corrected chi connectivity index (χ4v) is 4.29.